The van der Waals surface area contributed by atoms with Crippen LogP contribution < -0.4 is 34.7 Å². The van der Waals surface area contributed by atoms with Crippen molar-refractivity contribution in [3.63, 3.8) is 0 Å². The minimum absolute atomic E-state index is 0. The molecule has 88 valence electrons. The molecule has 1 aromatic heterocycles. The summed E-state index contributed by atoms with van der Waals surface area (Å²) in [4.78, 5) is 14.4. The van der Waals surface area contributed by atoms with E-state index in [4.69, 9.17) is 4.52 Å². The number of aromatic nitrogens is 2. The van der Waals surface area contributed by atoms with Crippen LogP contribution in [-0.2, 0) is 11.2 Å². The average molecular weight is 254 g/mol. The summed E-state index contributed by atoms with van der Waals surface area (Å²) < 4.78 is 4.95. The first-order valence-corrected chi connectivity index (χ1v) is 5.24. The van der Waals surface area contributed by atoms with Crippen molar-refractivity contribution in [3.8, 4) is 11.4 Å². The Morgan fingerprint density at radius 2 is 2.00 bits per heavy atom. The predicted molar refractivity (Wildman–Crippen MR) is 57.8 cm³/mol. The maximum Gasteiger partial charge on any atom is 1.00 e. The summed E-state index contributed by atoms with van der Waals surface area (Å²) in [6.45, 7) is 1.99. The summed E-state index contributed by atoms with van der Waals surface area (Å²) in [5, 5.41) is 14.1. The summed E-state index contributed by atoms with van der Waals surface area (Å²) in [7, 11) is 0. The number of hydrogen-bond donors (Lipinski definition) is 0. The van der Waals surface area contributed by atoms with Gasteiger partial charge in [0, 0.05) is 18.0 Å². The number of aliphatic carboxylic acids is 1. The molecule has 1 heterocycles. The molecule has 0 bridgehead atoms. The number of carboxylic acid groups (broad SMARTS) is 1. The zero-order valence-electron chi connectivity index (χ0n) is 10.3. The molecule has 0 aliphatic heterocycles. The van der Waals surface area contributed by atoms with Crippen LogP contribution in [0.2, 0.25) is 0 Å². The minimum atomic E-state index is -1.12. The van der Waals surface area contributed by atoms with Crippen molar-refractivity contribution in [2.75, 3.05) is 0 Å². The molecule has 18 heavy (non-hydrogen) atoms. The minimum Gasteiger partial charge on any atom is -0.550 e. The Kier molecular flexibility index (Phi) is 5.53. The molecule has 0 aliphatic rings. The Bertz CT molecular complexity index is 522. The van der Waals surface area contributed by atoms with E-state index in [1.165, 1.54) is 0 Å². The average Bonchev–Trinajstić information content (AvgIpc) is 2.76. The SMILES string of the molecule is Cc1ccc(-c2noc(CCC(=O)[O-])n2)cc1.[Na+]. The molecule has 0 fully saturated rings. The van der Waals surface area contributed by atoms with Crippen molar-refractivity contribution in [2.45, 2.75) is 19.8 Å². The maximum atomic E-state index is 10.3. The largest absolute Gasteiger partial charge is 1.00 e. The first kappa shape index (κ1) is 14.9. The second-order valence-electron chi connectivity index (χ2n) is 3.75. The molecule has 0 saturated carbocycles. The third kappa shape index (κ3) is 3.94. The molecule has 2 aromatic rings. The van der Waals surface area contributed by atoms with Crippen LogP contribution in [0.15, 0.2) is 28.8 Å². The van der Waals surface area contributed by atoms with Crippen LogP contribution in [-0.4, -0.2) is 16.1 Å². The monoisotopic (exact) mass is 254 g/mol. The van der Waals surface area contributed by atoms with Crippen molar-refractivity contribution in [1.29, 1.82) is 0 Å². The van der Waals surface area contributed by atoms with E-state index in [1.54, 1.807) is 0 Å². The number of benzene rings is 1. The summed E-state index contributed by atoms with van der Waals surface area (Å²) >= 11 is 0. The number of carbonyl (C=O) groups excluding carboxylic acids is 1. The van der Waals surface area contributed by atoms with Crippen LogP contribution in [0.1, 0.15) is 17.9 Å². The van der Waals surface area contributed by atoms with Gasteiger partial charge in [0.15, 0.2) is 0 Å². The third-order valence-corrected chi connectivity index (χ3v) is 2.32. The van der Waals surface area contributed by atoms with Crippen LogP contribution in [0, 0.1) is 6.92 Å². The standard InChI is InChI=1S/C12H12N2O3.Na/c1-8-2-4-9(5-3-8)12-13-10(17-14-12)6-7-11(15)16;/h2-5H,6-7H2,1H3,(H,15,16);/q;+1/p-1. The molecule has 2 rings (SSSR count). The number of carboxylic acids is 1. The van der Waals surface area contributed by atoms with Gasteiger partial charge in [-0.3, -0.25) is 0 Å². The van der Waals surface area contributed by atoms with E-state index in [1.807, 2.05) is 31.2 Å². The molecule has 5 nitrogen and oxygen atoms in total. The molecular weight excluding hydrogens is 243 g/mol. The normalized spacial score (nSPS) is 9.83. The molecule has 0 aliphatic carbocycles. The number of aryl methyl sites for hydroxylation is 2. The summed E-state index contributed by atoms with van der Waals surface area (Å²) in [5.74, 6) is -0.344. The number of nitrogens with zero attached hydrogens (tertiary/aromatic N) is 2. The fourth-order valence-corrected chi connectivity index (χ4v) is 1.39. The summed E-state index contributed by atoms with van der Waals surface area (Å²) in [6, 6.07) is 7.69. The molecule has 0 saturated heterocycles. The van der Waals surface area contributed by atoms with Gasteiger partial charge in [-0.1, -0.05) is 35.0 Å². The van der Waals surface area contributed by atoms with Gasteiger partial charge in [0.25, 0.3) is 0 Å². The smallest absolute Gasteiger partial charge is 0.550 e. The van der Waals surface area contributed by atoms with Gasteiger partial charge >= 0.3 is 29.6 Å². The van der Waals surface area contributed by atoms with E-state index in [-0.39, 0.29) is 42.4 Å². The van der Waals surface area contributed by atoms with Gasteiger partial charge < -0.3 is 14.4 Å². The first-order chi connectivity index (χ1) is 8.15. The summed E-state index contributed by atoms with van der Waals surface area (Å²) in [6.07, 6.45) is 0.0801. The molecule has 0 spiro atoms. The van der Waals surface area contributed by atoms with Crippen LogP contribution in [0.25, 0.3) is 11.4 Å². The van der Waals surface area contributed by atoms with Gasteiger partial charge in [-0.05, 0) is 13.3 Å². The van der Waals surface area contributed by atoms with E-state index >= 15 is 0 Å². The molecule has 0 radical (unpaired) electrons. The van der Waals surface area contributed by atoms with E-state index in [9.17, 15) is 9.90 Å². The quantitative estimate of drug-likeness (QED) is 0.575. The third-order valence-electron chi connectivity index (χ3n) is 2.32. The first-order valence-electron chi connectivity index (χ1n) is 5.24. The van der Waals surface area contributed by atoms with Crippen LogP contribution in [0.3, 0.4) is 0 Å². The predicted octanol–water partition coefficient (Wildman–Crippen LogP) is -2.27. The Morgan fingerprint density at radius 1 is 1.33 bits per heavy atom. The molecule has 0 amide bonds. The van der Waals surface area contributed by atoms with Gasteiger partial charge in [-0.15, -0.1) is 0 Å². The maximum absolute atomic E-state index is 10.3. The van der Waals surface area contributed by atoms with E-state index < -0.39 is 5.97 Å². The van der Waals surface area contributed by atoms with Crippen molar-refractivity contribution in [3.05, 3.63) is 35.7 Å². The Balaban J connectivity index is 0.00000162. The Labute approximate surface area is 127 Å². The molecule has 1 aromatic carbocycles. The molecular formula is C12H11N2NaO3. The van der Waals surface area contributed by atoms with E-state index in [2.05, 4.69) is 10.1 Å². The molecule has 0 atom stereocenters. The van der Waals surface area contributed by atoms with Gasteiger partial charge in [0.1, 0.15) is 0 Å². The zero-order valence-corrected chi connectivity index (χ0v) is 12.3. The van der Waals surface area contributed by atoms with Gasteiger partial charge in [-0.25, -0.2) is 0 Å². The second-order valence-corrected chi connectivity index (χ2v) is 3.75. The van der Waals surface area contributed by atoms with Crippen molar-refractivity contribution >= 4 is 5.97 Å². The fourth-order valence-electron chi connectivity index (χ4n) is 1.39. The van der Waals surface area contributed by atoms with Crippen LogP contribution in [0.4, 0.5) is 0 Å². The van der Waals surface area contributed by atoms with Crippen LogP contribution in [0.5, 0.6) is 0 Å². The van der Waals surface area contributed by atoms with Gasteiger partial charge in [0.05, 0.1) is 0 Å². The number of rotatable bonds is 4. The topological polar surface area (TPSA) is 79.0 Å². The Morgan fingerprint density at radius 3 is 2.61 bits per heavy atom. The fraction of sp³-hybridized carbons (Fsp3) is 0.250. The second kappa shape index (κ2) is 6.68. The van der Waals surface area contributed by atoms with Crippen molar-refractivity contribution < 1.29 is 44.0 Å². The van der Waals surface area contributed by atoms with Gasteiger partial charge in [-0.2, -0.15) is 4.98 Å². The van der Waals surface area contributed by atoms with Crippen LogP contribution >= 0.6 is 0 Å². The van der Waals surface area contributed by atoms with E-state index in [0.29, 0.717) is 11.7 Å². The van der Waals surface area contributed by atoms with Gasteiger partial charge in [0.2, 0.25) is 11.7 Å². The van der Waals surface area contributed by atoms with Crippen molar-refractivity contribution in [1.82, 2.24) is 10.1 Å². The molecule has 0 N–H and O–H groups in total. The number of carbonyl (C=O) groups is 1. The molecule has 6 heteroatoms. The number of hydrogen-bond acceptors (Lipinski definition) is 5. The summed E-state index contributed by atoms with van der Waals surface area (Å²) in [5.41, 5.74) is 1.99. The van der Waals surface area contributed by atoms with Crippen molar-refractivity contribution in [2.24, 2.45) is 0 Å². The zero-order chi connectivity index (χ0) is 12.3. The molecule has 0 unspecified atom stereocenters. The Hall–Kier alpha value is -1.17. The van der Waals surface area contributed by atoms with E-state index in [0.717, 1.165) is 11.1 Å².